The van der Waals surface area contributed by atoms with Crippen molar-refractivity contribution >= 4 is 15.9 Å². The van der Waals surface area contributed by atoms with Crippen molar-refractivity contribution in [1.29, 1.82) is 0 Å². The summed E-state index contributed by atoms with van der Waals surface area (Å²) >= 11 is 3.33. The van der Waals surface area contributed by atoms with Crippen molar-refractivity contribution in [2.75, 3.05) is 11.9 Å². The number of hydrogen-bond acceptors (Lipinski definition) is 1. The molecule has 0 saturated carbocycles. The SMILES string of the molecule is CC(C)(C)c1ccc(OCCBr)cc1. The molecule has 0 spiro atoms. The average molecular weight is 257 g/mol. The van der Waals surface area contributed by atoms with Crippen molar-refractivity contribution in [3.05, 3.63) is 29.8 Å². The molecule has 0 fully saturated rings. The maximum absolute atomic E-state index is 5.48. The molecule has 0 atom stereocenters. The summed E-state index contributed by atoms with van der Waals surface area (Å²) in [5.41, 5.74) is 1.55. The fourth-order valence-electron chi connectivity index (χ4n) is 1.21. The molecule has 0 saturated heterocycles. The van der Waals surface area contributed by atoms with E-state index < -0.39 is 0 Å². The van der Waals surface area contributed by atoms with Crippen molar-refractivity contribution in [3.63, 3.8) is 0 Å². The molecule has 78 valence electrons. The third-order valence-corrected chi connectivity index (χ3v) is 2.39. The Bertz CT molecular complexity index is 271. The van der Waals surface area contributed by atoms with E-state index in [1.165, 1.54) is 5.56 Å². The zero-order chi connectivity index (χ0) is 10.6. The fraction of sp³-hybridized carbons (Fsp3) is 0.500. The second kappa shape index (κ2) is 4.83. The highest BCUT2D eigenvalue weighted by molar-refractivity contribution is 9.09. The van der Waals surface area contributed by atoms with E-state index in [0.29, 0.717) is 0 Å². The second-order valence-corrected chi connectivity index (χ2v) is 5.10. The summed E-state index contributed by atoms with van der Waals surface area (Å²) in [5.74, 6) is 0.942. The van der Waals surface area contributed by atoms with Crippen molar-refractivity contribution in [3.8, 4) is 5.75 Å². The molecule has 0 aliphatic rings. The van der Waals surface area contributed by atoms with Gasteiger partial charge in [-0.3, -0.25) is 0 Å². The van der Waals surface area contributed by atoms with Crippen LogP contribution in [0.4, 0.5) is 0 Å². The summed E-state index contributed by atoms with van der Waals surface area (Å²) in [6.45, 7) is 7.35. The summed E-state index contributed by atoms with van der Waals surface area (Å²) in [5, 5.41) is 0.869. The lowest BCUT2D eigenvalue weighted by Gasteiger charge is -2.19. The van der Waals surface area contributed by atoms with Crippen LogP contribution in [0, 0.1) is 0 Å². The highest BCUT2D eigenvalue weighted by Gasteiger charge is 2.12. The largest absolute Gasteiger partial charge is 0.493 e. The van der Waals surface area contributed by atoms with E-state index in [2.05, 4.69) is 48.8 Å². The van der Waals surface area contributed by atoms with Gasteiger partial charge in [0.25, 0.3) is 0 Å². The minimum atomic E-state index is 0.216. The lowest BCUT2D eigenvalue weighted by Crippen LogP contribution is -2.10. The monoisotopic (exact) mass is 256 g/mol. The quantitative estimate of drug-likeness (QED) is 0.749. The Morgan fingerprint density at radius 2 is 1.71 bits per heavy atom. The molecule has 0 aliphatic carbocycles. The van der Waals surface area contributed by atoms with Crippen molar-refractivity contribution in [2.24, 2.45) is 0 Å². The molecule has 0 aliphatic heterocycles. The van der Waals surface area contributed by atoms with E-state index in [4.69, 9.17) is 4.74 Å². The van der Waals surface area contributed by atoms with E-state index in [1.54, 1.807) is 0 Å². The second-order valence-electron chi connectivity index (χ2n) is 4.31. The number of halogens is 1. The van der Waals surface area contributed by atoms with Crippen LogP contribution in [0.2, 0.25) is 0 Å². The fourth-order valence-corrected chi connectivity index (χ4v) is 1.37. The van der Waals surface area contributed by atoms with Crippen LogP contribution in [0.1, 0.15) is 26.3 Å². The first-order valence-corrected chi connectivity index (χ1v) is 5.95. The molecule has 1 aromatic carbocycles. The lowest BCUT2D eigenvalue weighted by atomic mass is 9.87. The summed E-state index contributed by atoms with van der Waals surface area (Å²) in [6.07, 6.45) is 0. The lowest BCUT2D eigenvalue weighted by molar-refractivity contribution is 0.345. The number of ether oxygens (including phenoxy) is 1. The van der Waals surface area contributed by atoms with Crippen molar-refractivity contribution < 1.29 is 4.74 Å². The first-order chi connectivity index (χ1) is 6.54. The highest BCUT2D eigenvalue weighted by Crippen LogP contribution is 2.24. The zero-order valence-corrected chi connectivity index (χ0v) is 10.6. The minimum Gasteiger partial charge on any atom is -0.493 e. The highest BCUT2D eigenvalue weighted by atomic mass is 79.9. The number of hydrogen-bond donors (Lipinski definition) is 0. The molecule has 1 aromatic rings. The van der Waals surface area contributed by atoms with Crippen LogP contribution in [0.15, 0.2) is 24.3 Å². The van der Waals surface area contributed by atoms with Gasteiger partial charge in [-0.05, 0) is 23.1 Å². The Balaban J connectivity index is 2.69. The molecular weight excluding hydrogens is 240 g/mol. The summed E-state index contributed by atoms with van der Waals surface area (Å²) in [4.78, 5) is 0. The first-order valence-electron chi connectivity index (χ1n) is 4.83. The van der Waals surface area contributed by atoms with Crippen LogP contribution in [0.5, 0.6) is 5.75 Å². The van der Waals surface area contributed by atoms with E-state index in [0.717, 1.165) is 17.7 Å². The molecule has 1 rings (SSSR count). The Hall–Kier alpha value is -0.500. The number of rotatable bonds is 3. The van der Waals surface area contributed by atoms with Crippen molar-refractivity contribution in [2.45, 2.75) is 26.2 Å². The Labute approximate surface area is 94.6 Å². The van der Waals surface area contributed by atoms with E-state index in [-0.39, 0.29) is 5.41 Å². The molecule has 0 bridgehead atoms. The average Bonchev–Trinajstić information content (AvgIpc) is 2.14. The van der Waals surface area contributed by atoms with Gasteiger partial charge in [0.15, 0.2) is 0 Å². The van der Waals surface area contributed by atoms with Gasteiger partial charge in [-0.25, -0.2) is 0 Å². The summed E-state index contributed by atoms with van der Waals surface area (Å²) in [6, 6.07) is 8.32. The van der Waals surface area contributed by atoms with Gasteiger partial charge in [-0.2, -0.15) is 0 Å². The normalized spacial score (nSPS) is 11.4. The Morgan fingerprint density at radius 1 is 1.14 bits per heavy atom. The molecule has 0 aromatic heterocycles. The van der Waals surface area contributed by atoms with Crippen LogP contribution >= 0.6 is 15.9 Å². The van der Waals surface area contributed by atoms with Crippen LogP contribution in [-0.2, 0) is 5.41 Å². The van der Waals surface area contributed by atoms with Gasteiger partial charge in [0.1, 0.15) is 5.75 Å². The van der Waals surface area contributed by atoms with Gasteiger partial charge in [0.05, 0.1) is 6.61 Å². The smallest absolute Gasteiger partial charge is 0.119 e. The maximum atomic E-state index is 5.48. The molecule has 0 unspecified atom stereocenters. The topological polar surface area (TPSA) is 9.23 Å². The molecule has 14 heavy (non-hydrogen) atoms. The van der Waals surface area contributed by atoms with Gasteiger partial charge in [0.2, 0.25) is 0 Å². The molecule has 1 nitrogen and oxygen atoms in total. The predicted molar refractivity (Wildman–Crippen MR) is 64.4 cm³/mol. The molecule has 0 N–H and O–H groups in total. The van der Waals surface area contributed by atoms with Gasteiger partial charge in [-0.15, -0.1) is 0 Å². The molecule has 0 heterocycles. The molecule has 0 radical (unpaired) electrons. The first kappa shape index (κ1) is 11.6. The van der Waals surface area contributed by atoms with Gasteiger partial charge in [0, 0.05) is 5.33 Å². The third kappa shape index (κ3) is 3.33. The maximum Gasteiger partial charge on any atom is 0.119 e. The molecule has 2 heteroatoms. The number of benzene rings is 1. The standard InChI is InChI=1S/C12H17BrO/c1-12(2,3)10-4-6-11(7-5-10)14-9-8-13/h4-7H,8-9H2,1-3H3. The van der Waals surface area contributed by atoms with Crippen molar-refractivity contribution in [1.82, 2.24) is 0 Å². The summed E-state index contributed by atoms with van der Waals surface area (Å²) < 4.78 is 5.48. The zero-order valence-electron chi connectivity index (χ0n) is 9.01. The van der Waals surface area contributed by atoms with E-state index in [9.17, 15) is 0 Å². The Kier molecular flexibility index (Phi) is 3.99. The Morgan fingerprint density at radius 3 is 2.14 bits per heavy atom. The van der Waals surface area contributed by atoms with E-state index in [1.807, 2.05) is 12.1 Å². The third-order valence-electron chi connectivity index (χ3n) is 2.07. The predicted octanol–water partition coefficient (Wildman–Crippen LogP) is 3.76. The van der Waals surface area contributed by atoms with Gasteiger partial charge < -0.3 is 4.74 Å². The van der Waals surface area contributed by atoms with Crippen LogP contribution in [-0.4, -0.2) is 11.9 Å². The van der Waals surface area contributed by atoms with Crippen LogP contribution in [0.3, 0.4) is 0 Å². The van der Waals surface area contributed by atoms with E-state index >= 15 is 0 Å². The molecular formula is C12H17BrO. The van der Waals surface area contributed by atoms with Gasteiger partial charge >= 0.3 is 0 Å². The van der Waals surface area contributed by atoms with Gasteiger partial charge in [-0.1, -0.05) is 48.8 Å². The van der Waals surface area contributed by atoms with Crippen LogP contribution < -0.4 is 4.74 Å². The number of alkyl halides is 1. The van der Waals surface area contributed by atoms with Crippen LogP contribution in [0.25, 0.3) is 0 Å². The minimum absolute atomic E-state index is 0.216. The molecule has 0 amide bonds. The summed E-state index contributed by atoms with van der Waals surface area (Å²) in [7, 11) is 0.